The number of fused-ring (bicyclic) bond motifs is 1. The van der Waals surface area contributed by atoms with Crippen molar-refractivity contribution < 1.29 is 93.7 Å². The van der Waals surface area contributed by atoms with Gasteiger partial charge in [-0.25, -0.2) is 0 Å². The van der Waals surface area contributed by atoms with Crippen molar-refractivity contribution >= 4 is 11.0 Å². The molecule has 0 unspecified atom stereocenters. The van der Waals surface area contributed by atoms with Crippen molar-refractivity contribution in [1.82, 2.24) is 0 Å². The summed E-state index contributed by atoms with van der Waals surface area (Å²) in [6.45, 7) is -1.36. The number of aliphatic hydroxyl groups is 10. The summed E-state index contributed by atoms with van der Waals surface area (Å²) in [5, 5.41) is 112. The van der Waals surface area contributed by atoms with Gasteiger partial charge in [-0.2, -0.15) is 0 Å². The average Bonchev–Trinajstić information content (AvgIpc) is 3.17. The van der Waals surface area contributed by atoms with Gasteiger partial charge in [-0.15, -0.1) is 0 Å². The van der Waals surface area contributed by atoms with Gasteiger partial charge in [-0.3, -0.25) is 4.79 Å². The minimum absolute atomic E-state index is 0.0231. The van der Waals surface area contributed by atoms with Crippen molar-refractivity contribution in [2.75, 3.05) is 52.9 Å². The summed E-state index contributed by atoms with van der Waals surface area (Å²) < 4.78 is 45.6. The molecule has 1 aromatic heterocycles. The topological polar surface area (TPSA) is 317 Å². The molecule has 0 spiro atoms. The Hall–Kier alpha value is -3.87. The van der Waals surface area contributed by atoms with Crippen LogP contribution in [-0.2, 0) is 20.6 Å². The van der Waals surface area contributed by atoms with E-state index in [1.807, 2.05) is 0 Å². The summed E-state index contributed by atoms with van der Waals surface area (Å²) in [6.07, 6.45) is -16.7. The first kappa shape index (κ1) is 42.3. The fourth-order valence-corrected chi connectivity index (χ4v) is 6.09. The Morgan fingerprint density at radius 3 is 1.96 bits per heavy atom. The molecule has 2 fully saturated rings. The van der Waals surface area contributed by atoms with Crippen LogP contribution < -0.4 is 24.4 Å². The Bertz CT molecular complexity index is 1780. The van der Waals surface area contributed by atoms with Gasteiger partial charge in [-0.1, -0.05) is 0 Å². The maximum absolute atomic E-state index is 14.4. The summed E-state index contributed by atoms with van der Waals surface area (Å²) in [5.41, 5.74) is -1.12. The number of rotatable bonds is 17. The molecule has 306 valence electrons. The molecule has 10 atom stereocenters. The van der Waals surface area contributed by atoms with Crippen LogP contribution in [0.4, 0.5) is 0 Å². The van der Waals surface area contributed by atoms with Gasteiger partial charge in [-0.05, 0) is 25.1 Å². The summed E-state index contributed by atoms with van der Waals surface area (Å²) >= 11 is 0. The third-order valence-corrected chi connectivity index (χ3v) is 8.92. The minimum atomic E-state index is -2.02. The van der Waals surface area contributed by atoms with Gasteiger partial charge >= 0.3 is 0 Å². The number of benzene rings is 2. The van der Waals surface area contributed by atoms with E-state index in [4.69, 9.17) is 37.6 Å². The van der Waals surface area contributed by atoms with E-state index in [0.29, 0.717) is 0 Å². The molecule has 2 saturated heterocycles. The molecule has 0 radical (unpaired) electrons. The zero-order valence-electron chi connectivity index (χ0n) is 29.5. The van der Waals surface area contributed by atoms with Crippen LogP contribution in [-0.4, -0.2) is 170 Å². The van der Waals surface area contributed by atoms with E-state index in [-0.39, 0.29) is 72.6 Å². The molecule has 11 N–H and O–H groups in total. The Morgan fingerprint density at radius 1 is 0.691 bits per heavy atom. The number of hydrogen-bond acceptors (Lipinski definition) is 20. The van der Waals surface area contributed by atoms with E-state index in [1.165, 1.54) is 25.1 Å². The highest BCUT2D eigenvalue weighted by molar-refractivity contribution is 5.91. The van der Waals surface area contributed by atoms with Crippen LogP contribution in [0.3, 0.4) is 0 Å². The van der Waals surface area contributed by atoms with E-state index < -0.39 is 110 Å². The Labute approximate surface area is 312 Å². The highest BCUT2D eigenvalue weighted by atomic mass is 16.7. The summed E-state index contributed by atoms with van der Waals surface area (Å²) in [4.78, 5) is 14.4. The van der Waals surface area contributed by atoms with E-state index in [0.717, 1.165) is 6.07 Å². The Kier molecular flexibility index (Phi) is 14.5. The highest BCUT2D eigenvalue weighted by Gasteiger charge is 2.48. The Balaban J connectivity index is 1.60. The van der Waals surface area contributed by atoms with Crippen LogP contribution in [0, 0.1) is 0 Å². The molecule has 0 bridgehead atoms. The molecule has 0 saturated carbocycles. The van der Waals surface area contributed by atoms with Gasteiger partial charge in [0, 0.05) is 30.2 Å². The van der Waals surface area contributed by atoms with E-state index in [9.17, 15) is 61.0 Å². The number of phenols is 1. The van der Waals surface area contributed by atoms with Crippen molar-refractivity contribution in [1.29, 1.82) is 0 Å². The quantitative estimate of drug-likeness (QED) is 0.0643. The molecule has 2 aliphatic rings. The van der Waals surface area contributed by atoms with Crippen LogP contribution in [0.2, 0.25) is 0 Å². The number of hydrogen-bond donors (Lipinski definition) is 11. The molecule has 3 aromatic rings. The smallest absolute Gasteiger partial charge is 0.239 e. The first-order valence-corrected chi connectivity index (χ1v) is 17.4. The molecule has 20 nitrogen and oxygen atoms in total. The van der Waals surface area contributed by atoms with Crippen molar-refractivity contribution in [3.8, 4) is 40.1 Å². The number of phenolic OH excluding ortho intramolecular Hbond substituents is 1. The number of aromatic hydroxyl groups is 1. The van der Waals surface area contributed by atoms with Crippen LogP contribution in [0.1, 0.15) is 12.5 Å². The maximum Gasteiger partial charge on any atom is 0.239 e. The van der Waals surface area contributed by atoms with Gasteiger partial charge in [0.05, 0.1) is 32.5 Å². The predicted molar refractivity (Wildman–Crippen MR) is 184 cm³/mol. The first-order valence-electron chi connectivity index (χ1n) is 17.4. The Morgan fingerprint density at radius 2 is 1.31 bits per heavy atom. The summed E-state index contributed by atoms with van der Waals surface area (Å²) in [5.74, 6) is -1.59. The van der Waals surface area contributed by atoms with Crippen LogP contribution in [0.15, 0.2) is 33.5 Å². The molecule has 3 heterocycles. The lowest BCUT2D eigenvalue weighted by atomic mass is 9.98. The zero-order valence-corrected chi connectivity index (χ0v) is 29.5. The minimum Gasteiger partial charge on any atom is -0.507 e. The van der Waals surface area contributed by atoms with Crippen molar-refractivity contribution in [2.45, 2.75) is 74.8 Å². The van der Waals surface area contributed by atoms with E-state index in [2.05, 4.69) is 0 Å². The monoisotopic (exact) mass is 786 g/mol. The predicted octanol–water partition coefficient (Wildman–Crippen LogP) is -3.16. The molecule has 20 heteroatoms. The van der Waals surface area contributed by atoms with Gasteiger partial charge in [0.15, 0.2) is 23.5 Å². The second-order valence-corrected chi connectivity index (χ2v) is 12.7. The molecule has 0 aliphatic carbocycles. The second kappa shape index (κ2) is 18.8. The van der Waals surface area contributed by atoms with Gasteiger partial charge in [0.25, 0.3) is 0 Å². The van der Waals surface area contributed by atoms with Crippen molar-refractivity contribution in [3.63, 3.8) is 0 Å². The lowest BCUT2D eigenvalue weighted by Crippen LogP contribution is -2.61. The van der Waals surface area contributed by atoms with Gasteiger partial charge in [0.2, 0.25) is 17.5 Å². The van der Waals surface area contributed by atoms with E-state index in [1.54, 1.807) is 0 Å². The fraction of sp³-hybridized carbons (Fsp3) is 0.571. The first-order chi connectivity index (χ1) is 26.4. The van der Waals surface area contributed by atoms with Crippen molar-refractivity contribution in [3.05, 3.63) is 40.1 Å². The maximum atomic E-state index is 14.4. The highest BCUT2D eigenvalue weighted by Crippen LogP contribution is 2.42. The fourth-order valence-electron chi connectivity index (χ4n) is 6.09. The van der Waals surface area contributed by atoms with E-state index >= 15 is 0 Å². The summed E-state index contributed by atoms with van der Waals surface area (Å²) in [6, 6.07) is 5.22. The summed E-state index contributed by atoms with van der Waals surface area (Å²) in [7, 11) is 0. The second-order valence-electron chi connectivity index (χ2n) is 12.7. The largest absolute Gasteiger partial charge is 0.507 e. The van der Waals surface area contributed by atoms with Gasteiger partial charge < -0.3 is 93.7 Å². The third-order valence-electron chi connectivity index (χ3n) is 8.92. The number of aliphatic hydroxyl groups excluding tert-OH is 10. The van der Waals surface area contributed by atoms with Gasteiger partial charge in [0.1, 0.15) is 85.0 Å². The average molecular weight is 787 g/mol. The zero-order chi connectivity index (χ0) is 40.0. The lowest BCUT2D eigenvalue weighted by Gasteiger charge is -2.42. The normalized spacial score (nSPS) is 28.3. The van der Waals surface area contributed by atoms with Crippen LogP contribution >= 0.6 is 0 Å². The molecule has 2 aromatic carbocycles. The van der Waals surface area contributed by atoms with Crippen LogP contribution in [0.5, 0.6) is 28.7 Å². The van der Waals surface area contributed by atoms with Crippen molar-refractivity contribution in [2.24, 2.45) is 0 Å². The molecular weight excluding hydrogens is 740 g/mol. The molecule has 55 heavy (non-hydrogen) atoms. The third kappa shape index (κ3) is 9.07. The standard InChI is InChI=1S/C35H46O20/c1-15-24(41)27(44)29(46)34(52-15)51-14-22-25(42)28(45)30(47)35(53-22)55-33-26(43)23-18(40)13-20(49-10-7-38)17(4-5-36)32(23)54-31(33)16-2-3-19(48-9-6-37)21(12-16)50-11-8-39/h2-3,12-13,15,22,24-25,27-30,34-42,44-47H,4-11,14H2,1H3/t15-,22+,24-,25+,27+,28-,29+,30+,34+,35-/m0/s1. The molecule has 2 aliphatic heterocycles. The molecular formula is C35H46O20. The lowest BCUT2D eigenvalue weighted by molar-refractivity contribution is -0.318. The molecule has 0 amide bonds. The van der Waals surface area contributed by atoms with Crippen LogP contribution in [0.25, 0.3) is 22.3 Å². The molecule has 5 rings (SSSR count). The number of ether oxygens (including phenoxy) is 7. The SMILES string of the molecule is C[C@@H]1O[C@@H](OC[C@H]2O[C@@H](Oc3c(-c4ccc(OCCO)c(OCCO)c4)oc4c(CCO)c(OCCO)cc(O)c4c3=O)[C@H](O)[C@@H](O)[C@@H]2O)[C@H](O)[C@H](O)[C@H]1O.